The Morgan fingerprint density at radius 3 is 2.89 bits per heavy atom. The molecular weight excluding hydrogens is 362 g/mol. The van der Waals surface area contributed by atoms with Gasteiger partial charge in [0.15, 0.2) is 11.5 Å². The maximum Gasteiger partial charge on any atom is 0.263 e. The monoisotopic (exact) mass is 383 g/mol. The van der Waals surface area contributed by atoms with Gasteiger partial charge in [0.05, 0.1) is 30.0 Å². The number of morpholine rings is 1. The van der Waals surface area contributed by atoms with E-state index in [1.165, 1.54) is 11.3 Å². The summed E-state index contributed by atoms with van der Waals surface area (Å²) in [6, 6.07) is 7.92. The van der Waals surface area contributed by atoms with Crippen molar-refractivity contribution in [3.05, 3.63) is 46.5 Å². The Labute approximate surface area is 161 Å². The van der Waals surface area contributed by atoms with E-state index in [9.17, 15) is 4.79 Å². The minimum atomic E-state index is 0.117. The molecule has 0 N–H and O–H groups in total. The summed E-state index contributed by atoms with van der Waals surface area (Å²) in [5.74, 6) is 1.14. The van der Waals surface area contributed by atoms with Crippen molar-refractivity contribution < 1.29 is 9.53 Å². The van der Waals surface area contributed by atoms with Crippen LogP contribution in [0.4, 0.5) is 5.69 Å². The highest BCUT2D eigenvalue weighted by Crippen LogP contribution is 2.28. The Balaban J connectivity index is 1.34. The maximum absolute atomic E-state index is 12.6. The molecule has 7 nitrogen and oxygen atoms in total. The fraction of sp³-hybridized carbons (Fsp3) is 0.421. The van der Waals surface area contributed by atoms with E-state index in [4.69, 9.17) is 14.8 Å². The summed E-state index contributed by atoms with van der Waals surface area (Å²) in [5.41, 5.74) is 1.99. The van der Waals surface area contributed by atoms with Gasteiger partial charge in [0.1, 0.15) is 0 Å². The van der Waals surface area contributed by atoms with Crippen LogP contribution in [0.1, 0.15) is 27.8 Å². The van der Waals surface area contributed by atoms with E-state index in [0.717, 1.165) is 61.3 Å². The van der Waals surface area contributed by atoms with Crippen LogP contribution in [0.2, 0.25) is 0 Å². The second kappa shape index (κ2) is 6.94. The van der Waals surface area contributed by atoms with Crippen molar-refractivity contribution in [1.82, 2.24) is 19.5 Å². The number of anilines is 1. The van der Waals surface area contributed by atoms with Gasteiger partial charge < -0.3 is 14.5 Å². The number of carbonyl (C=O) groups is 1. The van der Waals surface area contributed by atoms with Crippen molar-refractivity contribution in [2.75, 3.05) is 44.3 Å². The van der Waals surface area contributed by atoms with Gasteiger partial charge in [-0.15, -0.1) is 11.3 Å². The van der Waals surface area contributed by atoms with Crippen LogP contribution in [-0.4, -0.2) is 64.8 Å². The lowest BCUT2D eigenvalue weighted by molar-refractivity contribution is 0.0795. The number of amides is 1. The van der Waals surface area contributed by atoms with E-state index in [-0.39, 0.29) is 11.8 Å². The molecule has 0 radical (unpaired) electrons. The van der Waals surface area contributed by atoms with E-state index in [0.29, 0.717) is 6.54 Å². The first-order chi connectivity index (χ1) is 13.3. The molecule has 0 spiro atoms. The highest BCUT2D eigenvalue weighted by Gasteiger charge is 2.31. The molecule has 0 bridgehead atoms. The van der Waals surface area contributed by atoms with Crippen LogP contribution in [0, 0.1) is 0 Å². The number of pyridine rings is 1. The molecule has 3 aromatic heterocycles. The zero-order chi connectivity index (χ0) is 18.2. The Bertz CT molecular complexity index is 948. The molecule has 5 rings (SSSR count). The van der Waals surface area contributed by atoms with Crippen LogP contribution in [0.3, 0.4) is 0 Å². The zero-order valence-electron chi connectivity index (χ0n) is 15.0. The topological polar surface area (TPSA) is 63.0 Å². The number of fused-ring (bicyclic) bond motifs is 1. The van der Waals surface area contributed by atoms with E-state index >= 15 is 0 Å². The van der Waals surface area contributed by atoms with Crippen LogP contribution in [0.15, 0.2) is 35.8 Å². The Morgan fingerprint density at radius 1 is 1.19 bits per heavy atom. The van der Waals surface area contributed by atoms with Crippen molar-refractivity contribution >= 4 is 28.6 Å². The molecule has 1 amide bonds. The van der Waals surface area contributed by atoms with Crippen LogP contribution in [0.5, 0.6) is 0 Å². The average Bonchev–Trinajstić information content (AvgIpc) is 3.47. The SMILES string of the molecule is O=C(c1cccs1)N1CC[C@H](c2nc3ccc(N4CCOCC4)cn3n2)C1. The Morgan fingerprint density at radius 2 is 2.07 bits per heavy atom. The first-order valence-electron chi connectivity index (χ1n) is 9.30. The number of rotatable bonds is 3. The molecule has 0 aliphatic carbocycles. The normalized spacial score (nSPS) is 20.5. The van der Waals surface area contributed by atoms with Crippen molar-refractivity contribution in [3.63, 3.8) is 0 Å². The summed E-state index contributed by atoms with van der Waals surface area (Å²) in [4.78, 5) is 22.3. The molecule has 0 saturated carbocycles. The second-order valence-electron chi connectivity index (χ2n) is 6.97. The summed E-state index contributed by atoms with van der Waals surface area (Å²) >= 11 is 1.49. The molecule has 3 aromatic rings. The number of ether oxygens (including phenoxy) is 1. The molecule has 27 heavy (non-hydrogen) atoms. The number of nitrogens with zero attached hydrogens (tertiary/aromatic N) is 5. The molecular formula is C19H21N5O2S. The van der Waals surface area contributed by atoms with Gasteiger partial charge in [-0.3, -0.25) is 4.79 Å². The minimum absolute atomic E-state index is 0.117. The third-order valence-electron chi connectivity index (χ3n) is 5.28. The number of hydrogen-bond donors (Lipinski definition) is 0. The second-order valence-corrected chi connectivity index (χ2v) is 7.92. The smallest absolute Gasteiger partial charge is 0.263 e. The lowest BCUT2D eigenvalue weighted by atomic mass is 10.1. The maximum atomic E-state index is 12.6. The molecule has 1 atom stereocenters. The third-order valence-corrected chi connectivity index (χ3v) is 6.14. The quantitative estimate of drug-likeness (QED) is 0.694. The predicted molar refractivity (Wildman–Crippen MR) is 104 cm³/mol. The lowest BCUT2D eigenvalue weighted by Gasteiger charge is -2.28. The molecule has 5 heterocycles. The summed E-state index contributed by atoms with van der Waals surface area (Å²) in [6.07, 6.45) is 2.95. The molecule has 140 valence electrons. The summed E-state index contributed by atoms with van der Waals surface area (Å²) in [6.45, 7) is 4.76. The molecule has 2 fully saturated rings. The lowest BCUT2D eigenvalue weighted by Crippen LogP contribution is -2.36. The molecule has 8 heteroatoms. The van der Waals surface area contributed by atoms with Crippen LogP contribution >= 0.6 is 11.3 Å². The van der Waals surface area contributed by atoms with Crippen LogP contribution in [0.25, 0.3) is 5.65 Å². The summed E-state index contributed by atoms with van der Waals surface area (Å²) in [5, 5.41) is 6.66. The van der Waals surface area contributed by atoms with Crippen molar-refractivity contribution in [3.8, 4) is 0 Å². The van der Waals surface area contributed by atoms with Crippen LogP contribution < -0.4 is 4.90 Å². The Kier molecular flexibility index (Phi) is 4.29. The van der Waals surface area contributed by atoms with E-state index in [2.05, 4.69) is 11.0 Å². The van der Waals surface area contributed by atoms with Gasteiger partial charge in [0.25, 0.3) is 5.91 Å². The summed E-state index contributed by atoms with van der Waals surface area (Å²) in [7, 11) is 0. The fourth-order valence-electron chi connectivity index (χ4n) is 3.78. The Hall–Kier alpha value is -2.45. The number of aromatic nitrogens is 3. The van der Waals surface area contributed by atoms with Gasteiger partial charge in [-0.25, -0.2) is 9.50 Å². The number of hydrogen-bond acceptors (Lipinski definition) is 6. The molecule has 2 saturated heterocycles. The molecule has 0 aromatic carbocycles. The predicted octanol–water partition coefficient (Wildman–Crippen LogP) is 2.26. The van der Waals surface area contributed by atoms with Crippen molar-refractivity contribution in [1.29, 1.82) is 0 Å². The largest absolute Gasteiger partial charge is 0.378 e. The molecule has 2 aliphatic heterocycles. The van der Waals surface area contributed by atoms with Crippen molar-refractivity contribution in [2.24, 2.45) is 0 Å². The first kappa shape index (κ1) is 16.7. The van der Waals surface area contributed by atoms with E-state index < -0.39 is 0 Å². The standard InChI is InChI=1S/C19H21N5O2S/c25-19(16-2-1-11-27-16)23-6-5-14(12-23)18-20-17-4-3-15(13-24(17)21-18)22-7-9-26-10-8-22/h1-4,11,13-14H,5-10,12H2/t14-/m0/s1. The van der Waals surface area contributed by atoms with Gasteiger partial charge >= 0.3 is 0 Å². The number of carbonyl (C=O) groups excluding carboxylic acids is 1. The van der Waals surface area contributed by atoms with Gasteiger partial charge in [-0.1, -0.05) is 6.07 Å². The van der Waals surface area contributed by atoms with Gasteiger partial charge in [-0.2, -0.15) is 5.10 Å². The van der Waals surface area contributed by atoms with E-state index in [1.807, 2.05) is 39.2 Å². The van der Waals surface area contributed by atoms with Gasteiger partial charge in [-0.05, 0) is 30.0 Å². The first-order valence-corrected chi connectivity index (χ1v) is 10.2. The van der Waals surface area contributed by atoms with E-state index in [1.54, 1.807) is 0 Å². The van der Waals surface area contributed by atoms with Gasteiger partial charge in [0.2, 0.25) is 0 Å². The van der Waals surface area contributed by atoms with Crippen molar-refractivity contribution in [2.45, 2.75) is 12.3 Å². The number of likely N-dealkylation sites (tertiary alicyclic amines) is 1. The van der Waals surface area contributed by atoms with Gasteiger partial charge in [0, 0.05) is 32.1 Å². The fourth-order valence-corrected chi connectivity index (χ4v) is 4.47. The van der Waals surface area contributed by atoms with Crippen LogP contribution in [-0.2, 0) is 4.74 Å². The average molecular weight is 383 g/mol. The number of thiophene rings is 1. The molecule has 0 unspecified atom stereocenters. The molecule has 2 aliphatic rings. The zero-order valence-corrected chi connectivity index (χ0v) is 15.8. The third kappa shape index (κ3) is 3.19. The highest BCUT2D eigenvalue weighted by molar-refractivity contribution is 7.12. The minimum Gasteiger partial charge on any atom is -0.378 e. The summed E-state index contributed by atoms with van der Waals surface area (Å²) < 4.78 is 7.29. The highest BCUT2D eigenvalue weighted by atomic mass is 32.1.